The number of halogens is 1. The van der Waals surface area contributed by atoms with Crippen LogP contribution in [0.3, 0.4) is 0 Å². The molecule has 2 N–H and O–H groups in total. The molecule has 0 amide bonds. The van der Waals surface area contributed by atoms with Gasteiger partial charge in [-0.2, -0.15) is 5.10 Å². The predicted octanol–water partition coefficient (Wildman–Crippen LogP) is 3.28. The Bertz CT molecular complexity index is 646. The van der Waals surface area contributed by atoms with E-state index in [0.717, 1.165) is 28.0 Å². The van der Waals surface area contributed by atoms with Crippen LogP contribution in [0, 0.1) is 0 Å². The normalized spacial score (nSPS) is 10.9. The maximum Gasteiger partial charge on any atom is 0.183 e. The first kappa shape index (κ1) is 10.6. The first-order valence-corrected chi connectivity index (χ1v) is 6.28. The number of benzene rings is 1. The Morgan fingerprint density at radius 2 is 2.29 bits per heavy atom. The van der Waals surface area contributed by atoms with Gasteiger partial charge in [0.15, 0.2) is 4.47 Å². The smallest absolute Gasteiger partial charge is 0.183 e. The molecule has 0 spiro atoms. The summed E-state index contributed by atoms with van der Waals surface area (Å²) in [6.07, 6.45) is 3.60. The number of rotatable bonds is 3. The number of anilines is 1. The molecule has 0 aliphatic rings. The molecule has 3 aromatic rings. The van der Waals surface area contributed by atoms with Gasteiger partial charge in [-0.15, -0.1) is 11.3 Å². The highest BCUT2D eigenvalue weighted by Crippen LogP contribution is 2.20. The average Bonchev–Trinajstić information content (AvgIpc) is 2.94. The van der Waals surface area contributed by atoms with E-state index in [2.05, 4.69) is 26.6 Å². The summed E-state index contributed by atoms with van der Waals surface area (Å²) in [5.74, 6) is 0. The standard InChI is InChI=1S/C11H9ClN4S/c12-11-14-6-9(17-11)5-13-8-1-2-10-7(3-8)4-15-16-10/h1-4,6,13H,5H2,(H,15,16). The lowest BCUT2D eigenvalue weighted by Gasteiger charge is -2.03. The minimum Gasteiger partial charge on any atom is -0.380 e. The fourth-order valence-electron chi connectivity index (χ4n) is 1.61. The van der Waals surface area contributed by atoms with Crippen molar-refractivity contribution < 1.29 is 0 Å². The van der Waals surface area contributed by atoms with Gasteiger partial charge in [0.2, 0.25) is 0 Å². The van der Waals surface area contributed by atoms with Gasteiger partial charge in [0, 0.05) is 22.1 Å². The predicted molar refractivity (Wildman–Crippen MR) is 70.5 cm³/mol. The Kier molecular flexibility index (Phi) is 2.70. The van der Waals surface area contributed by atoms with Crippen molar-refractivity contribution in [3.05, 3.63) is 39.9 Å². The highest BCUT2D eigenvalue weighted by Gasteiger charge is 2.01. The zero-order chi connectivity index (χ0) is 11.7. The summed E-state index contributed by atoms with van der Waals surface area (Å²) < 4.78 is 0.576. The van der Waals surface area contributed by atoms with Gasteiger partial charge in [0.1, 0.15) is 0 Å². The molecule has 2 aromatic heterocycles. The molecular formula is C11H9ClN4S. The van der Waals surface area contributed by atoms with Crippen LogP contribution in [-0.2, 0) is 6.54 Å². The van der Waals surface area contributed by atoms with Gasteiger partial charge < -0.3 is 5.32 Å². The van der Waals surface area contributed by atoms with Gasteiger partial charge in [-0.1, -0.05) is 11.6 Å². The molecule has 6 heteroatoms. The lowest BCUT2D eigenvalue weighted by Crippen LogP contribution is -1.96. The first-order chi connectivity index (χ1) is 8.31. The number of fused-ring (bicyclic) bond motifs is 1. The maximum absolute atomic E-state index is 5.77. The third kappa shape index (κ3) is 2.25. The minimum atomic E-state index is 0.576. The van der Waals surface area contributed by atoms with E-state index in [1.54, 1.807) is 6.20 Å². The summed E-state index contributed by atoms with van der Waals surface area (Å²) in [7, 11) is 0. The molecule has 2 heterocycles. The van der Waals surface area contributed by atoms with Crippen LogP contribution in [0.1, 0.15) is 4.88 Å². The minimum absolute atomic E-state index is 0.576. The number of nitrogens with one attached hydrogen (secondary N) is 2. The summed E-state index contributed by atoms with van der Waals surface area (Å²) in [4.78, 5) is 5.11. The molecule has 0 saturated heterocycles. The van der Waals surface area contributed by atoms with E-state index in [0.29, 0.717) is 4.47 Å². The van der Waals surface area contributed by atoms with Crippen LogP contribution in [0.5, 0.6) is 0 Å². The van der Waals surface area contributed by atoms with Gasteiger partial charge in [-0.25, -0.2) is 4.98 Å². The van der Waals surface area contributed by atoms with Crippen molar-refractivity contribution in [2.24, 2.45) is 0 Å². The molecule has 0 fully saturated rings. The van der Waals surface area contributed by atoms with Crippen LogP contribution in [0.15, 0.2) is 30.6 Å². The summed E-state index contributed by atoms with van der Waals surface area (Å²) in [5.41, 5.74) is 2.10. The summed E-state index contributed by atoms with van der Waals surface area (Å²) in [5, 5.41) is 11.3. The van der Waals surface area contributed by atoms with E-state index < -0.39 is 0 Å². The molecular weight excluding hydrogens is 256 g/mol. The quantitative estimate of drug-likeness (QED) is 0.763. The van der Waals surface area contributed by atoms with E-state index in [1.165, 1.54) is 11.3 Å². The SMILES string of the molecule is Clc1ncc(CNc2ccc3[nH]ncc3c2)s1. The van der Waals surface area contributed by atoms with Crippen molar-refractivity contribution in [3.8, 4) is 0 Å². The number of thiazole rings is 1. The van der Waals surface area contributed by atoms with Crippen molar-refractivity contribution in [2.45, 2.75) is 6.54 Å². The average molecular weight is 265 g/mol. The molecule has 3 rings (SSSR count). The maximum atomic E-state index is 5.77. The van der Waals surface area contributed by atoms with E-state index in [-0.39, 0.29) is 0 Å². The number of hydrogen-bond donors (Lipinski definition) is 2. The largest absolute Gasteiger partial charge is 0.380 e. The monoisotopic (exact) mass is 264 g/mol. The van der Waals surface area contributed by atoms with Crippen LogP contribution in [-0.4, -0.2) is 15.2 Å². The number of aromatic nitrogens is 3. The van der Waals surface area contributed by atoms with E-state index in [9.17, 15) is 0 Å². The van der Waals surface area contributed by atoms with Crippen LogP contribution in [0.2, 0.25) is 4.47 Å². The van der Waals surface area contributed by atoms with Gasteiger partial charge in [-0.3, -0.25) is 5.10 Å². The van der Waals surface area contributed by atoms with Crippen molar-refractivity contribution in [1.29, 1.82) is 0 Å². The van der Waals surface area contributed by atoms with E-state index in [4.69, 9.17) is 11.6 Å². The van der Waals surface area contributed by atoms with Gasteiger partial charge in [-0.05, 0) is 18.2 Å². The first-order valence-electron chi connectivity index (χ1n) is 5.08. The molecule has 0 radical (unpaired) electrons. The highest BCUT2D eigenvalue weighted by atomic mass is 35.5. The molecule has 0 unspecified atom stereocenters. The van der Waals surface area contributed by atoms with Gasteiger partial charge in [0.05, 0.1) is 18.3 Å². The Morgan fingerprint density at radius 3 is 3.12 bits per heavy atom. The van der Waals surface area contributed by atoms with Crippen LogP contribution in [0.25, 0.3) is 10.9 Å². The number of H-pyrrole nitrogens is 1. The molecule has 4 nitrogen and oxygen atoms in total. The fraction of sp³-hybridized carbons (Fsp3) is 0.0909. The fourth-order valence-corrected chi connectivity index (χ4v) is 2.52. The zero-order valence-electron chi connectivity index (χ0n) is 8.77. The third-order valence-electron chi connectivity index (χ3n) is 2.43. The summed E-state index contributed by atoms with van der Waals surface area (Å²) in [6.45, 7) is 0.730. The third-order valence-corrected chi connectivity index (χ3v) is 3.55. The van der Waals surface area contributed by atoms with Crippen molar-refractivity contribution in [3.63, 3.8) is 0 Å². The van der Waals surface area contributed by atoms with Crippen molar-refractivity contribution in [2.75, 3.05) is 5.32 Å². The second-order valence-electron chi connectivity index (χ2n) is 3.61. The van der Waals surface area contributed by atoms with E-state index in [1.807, 2.05) is 18.3 Å². The van der Waals surface area contributed by atoms with Crippen LogP contribution >= 0.6 is 22.9 Å². The molecule has 0 saturated carbocycles. The van der Waals surface area contributed by atoms with Gasteiger partial charge in [0.25, 0.3) is 0 Å². The Hall–Kier alpha value is -1.59. The molecule has 1 aromatic carbocycles. The molecule has 0 aliphatic carbocycles. The lowest BCUT2D eigenvalue weighted by atomic mass is 10.2. The van der Waals surface area contributed by atoms with Crippen LogP contribution in [0.4, 0.5) is 5.69 Å². The van der Waals surface area contributed by atoms with Crippen molar-refractivity contribution in [1.82, 2.24) is 15.2 Å². The molecule has 17 heavy (non-hydrogen) atoms. The zero-order valence-corrected chi connectivity index (χ0v) is 10.3. The Labute approximate surface area is 107 Å². The summed E-state index contributed by atoms with van der Waals surface area (Å²) >= 11 is 7.26. The molecule has 86 valence electrons. The number of nitrogens with zero attached hydrogens (tertiary/aromatic N) is 2. The second-order valence-corrected chi connectivity index (χ2v) is 5.30. The Balaban J connectivity index is 1.76. The molecule has 0 aliphatic heterocycles. The topological polar surface area (TPSA) is 53.6 Å². The lowest BCUT2D eigenvalue weighted by molar-refractivity contribution is 1.12. The van der Waals surface area contributed by atoms with E-state index >= 15 is 0 Å². The Morgan fingerprint density at radius 1 is 1.35 bits per heavy atom. The highest BCUT2D eigenvalue weighted by molar-refractivity contribution is 7.15. The second kappa shape index (κ2) is 4.35. The van der Waals surface area contributed by atoms with Crippen LogP contribution < -0.4 is 5.32 Å². The molecule has 0 bridgehead atoms. The number of hydrogen-bond acceptors (Lipinski definition) is 4. The van der Waals surface area contributed by atoms with Crippen molar-refractivity contribution >= 4 is 39.5 Å². The summed E-state index contributed by atoms with van der Waals surface area (Å²) in [6, 6.07) is 6.08. The van der Waals surface area contributed by atoms with Gasteiger partial charge >= 0.3 is 0 Å². The number of aromatic amines is 1. The molecule has 0 atom stereocenters.